The molecule has 1 amide bonds. The Morgan fingerprint density at radius 1 is 1.32 bits per heavy atom. The third-order valence-corrected chi connectivity index (χ3v) is 4.39. The Kier molecular flexibility index (Phi) is 5.52. The van der Waals surface area contributed by atoms with Crippen LogP contribution in [0.25, 0.3) is 0 Å². The van der Waals surface area contributed by atoms with Gasteiger partial charge in [-0.05, 0) is 19.0 Å². The van der Waals surface area contributed by atoms with Gasteiger partial charge in [0.1, 0.15) is 0 Å². The number of aliphatic hydroxyl groups excluding tert-OH is 1. The van der Waals surface area contributed by atoms with Crippen molar-refractivity contribution < 1.29 is 9.90 Å². The van der Waals surface area contributed by atoms with E-state index in [1.165, 1.54) is 6.20 Å². The Bertz CT molecular complexity index is 724. The fourth-order valence-electron chi connectivity index (χ4n) is 3.02. The second-order valence-corrected chi connectivity index (χ2v) is 6.15. The SMILES string of the molecule is NC(=O)c1cnc(Cc2cnccn2)cc1N[C@@H]1CCNC[C@@H]1CO. The van der Waals surface area contributed by atoms with Gasteiger partial charge in [0, 0.05) is 62.0 Å². The van der Waals surface area contributed by atoms with Crippen LogP contribution in [-0.4, -0.2) is 51.7 Å². The Labute approximate surface area is 145 Å². The highest BCUT2D eigenvalue weighted by Gasteiger charge is 2.25. The second kappa shape index (κ2) is 8.00. The Balaban J connectivity index is 1.84. The Morgan fingerprint density at radius 3 is 2.92 bits per heavy atom. The van der Waals surface area contributed by atoms with Crippen LogP contribution in [0.4, 0.5) is 5.69 Å². The van der Waals surface area contributed by atoms with Crippen molar-refractivity contribution in [3.63, 3.8) is 0 Å². The maximum absolute atomic E-state index is 11.7. The fourth-order valence-corrected chi connectivity index (χ4v) is 3.02. The van der Waals surface area contributed by atoms with Gasteiger partial charge in [-0.25, -0.2) is 0 Å². The molecule has 0 aromatic carbocycles. The van der Waals surface area contributed by atoms with Gasteiger partial charge in [0.25, 0.3) is 5.91 Å². The number of primary amides is 1. The second-order valence-electron chi connectivity index (χ2n) is 6.15. The van der Waals surface area contributed by atoms with Gasteiger partial charge in [-0.15, -0.1) is 0 Å². The van der Waals surface area contributed by atoms with Crippen molar-refractivity contribution in [1.29, 1.82) is 0 Å². The van der Waals surface area contributed by atoms with E-state index in [1.807, 2.05) is 6.07 Å². The van der Waals surface area contributed by atoms with Gasteiger partial charge >= 0.3 is 0 Å². The molecule has 0 spiro atoms. The molecule has 0 radical (unpaired) electrons. The monoisotopic (exact) mass is 342 g/mol. The summed E-state index contributed by atoms with van der Waals surface area (Å²) in [7, 11) is 0. The highest BCUT2D eigenvalue weighted by Crippen LogP contribution is 2.22. The van der Waals surface area contributed by atoms with Crippen LogP contribution in [-0.2, 0) is 6.42 Å². The molecule has 132 valence electrons. The number of rotatable bonds is 6. The smallest absolute Gasteiger partial charge is 0.252 e. The molecule has 5 N–H and O–H groups in total. The number of nitrogens with zero attached hydrogens (tertiary/aromatic N) is 3. The predicted molar refractivity (Wildman–Crippen MR) is 93.1 cm³/mol. The lowest BCUT2D eigenvalue weighted by atomic mass is 9.93. The first-order chi connectivity index (χ1) is 12.2. The number of carbonyl (C=O) groups is 1. The maximum Gasteiger partial charge on any atom is 0.252 e. The number of amides is 1. The zero-order valence-electron chi connectivity index (χ0n) is 13.9. The number of anilines is 1. The van der Waals surface area contributed by atoms with E-state index in [4.69, 9.17) is 5.73 Å². The molecule has 1 aliphatic heterocycles. The van der Waals surface area contributed by atoms with E-state index < -0.39 is 5.91 Å². The van der Waals surface area contributed by atoms with Crippen LogP contribution in [0.3, 0.4) is 0 Å². The minimum Gasteiger partial charge on any atom is -0.396 e. The fraction of sp³-hybridized carbons (Fsp3) is 0.412. The molecule has 3 rings (SSSR count). The van der Waals surface area contributed by atoms with Crippen LogP contribution in [0.15, 0.2) is 30.9 Å². The van der Waals surface area contributed by atoms with Gasteiger partial charge in [0.15, 0.2) is 0 Å². The molecule has 25 heavy (non-hydrogen) atoms. The average Bonchev–Trinajstić information content (AvgIpc) is 2.63. The van der Waals surface area contributed by atoms with Crippen LogP contribution in [0.5, 0.6) is 0 Å². The number of aliphatic hydroxyl groups is 1. The van der Waals surface area contributed by atoms with E-state index in [0.29, 0.717) is 17.7 Å². The van der Waals surface area contributed by atoms with E-state index in [0.717, 1.165) is 30.9 Å². The van der Waals surface area contributed by atoms with Crippen LogP contribution < -0.4 is 16.4 Å². The lowest BCUT2D eigenvalue weighted by Crippen LogP contribution is -2.45. The summed E-state index contributed by atoms with van der Waals surface area (Å²) >= 11 is 0. The third kappa shape index (κ3) is 4.28. The third-order valence-electron chi connectivity index (χ3n) is 4.39. The van der Waals surface area contributed by atoms with Crippen molar-refractivity contribution in [3.05, 3.63) is 47.8 Å². The molecule has 1 aliphatic rings. The van der Waals surface area contributed by atoms with Crippen molar-refractivity contribution in [2.75, 3.05) is 25.0 Å². The quantitative estimate of drug-likeness (QED) is 0.579. The Hall–Kier alpha value is -2.58. The summed E-state index contributed by atoms with van der Waals surface area (Å²) in [5, 5.41) is 16.2. The Morgan fingerprint density at radius 2 is 2.20 bits per heavy atom. The van der Waals surface area contributed by atoms with Crippen LogP contribution in [0.1, 0.15) is 28.2 Å². The van der Waals surface area contributed by atoms with E-state index in [9.17, 15) is 9.90 Å². The average molecular weight is 342 g/mol. The van der Waals surface area contributed by atoms with E-state index in [2.05, 4.69) is 25.6 Å². The number of hydrogen-bond acceptors (Lipinski definition) is 7. The highest BCUT2D eigenvalue weighted by molar-refractivity contribution is 5.98. The standard InChI is InChI=1S/C17H22N6O2/c18-17(25)14-9-22-12(5-13-8-20-3-4-21-13)6-16(14)23-15-1-2-19-7-11(15)10-24/h3-4,6,8-9,11,15,19,24H,1-2,5,7,10H2,(H2,18,25)(H,22,23)/t11-,15-/m1/s1. The lowest BCUT2D eigenvalue weighted by molar-refractivity contribution is 0.100. The number of aromatic nitrogens is 3. The molecular weight excluding hydrogens is 320 g/mol. The molecule has 0 aliphatic carbocycles. The van der Waals surface area contributed by atoms with Gasteiger partial charge < -0.3 is 21.5 Å². The minimum atomic E-state index is -0.532. The summed E-state index contributed by atoms with van der Waals surface area (Å²) in [4.78, 5) is 24.4. The number of nitrogens with one attached hydrogen (secondary N) is 2. The summed E-state index contributed by atoms with van der Waals surface area (Å²) in [6.07, 6.45) is 7.79. The number of hydrogen-bond donors (Lipinski definition) is 4. The largest absolute Gasteiger partial charge is 0.396 e. The molecule has 0 saturated carbocycles. The first-order valence-electron chi connectivity index (χ1n) is 8.29. The zero-order valence-corrected chi connectivity index (χ0v) is 13.9. The van der Waals surface area contributed by atoms with Crippen LogP contribution in [0.2, 0.25) is 0 Å². The summed E-state index contributed by atoms with van der Waals surface area (Å²) in [5.74, 6) is -0.457. The summed E-state index contributed by atoms with van der Waals surface area (Å²) < 4.78 is 0. The minimum absolute atomic E-state index is 0.0658. The molecule has 1 saturated heterocycles. The molecule has 8 nitrogen and oxygen atoms in total. The van der Waals surface area contributed by atoms with Crippen molar-refractivity contribution in [2.24, 2.45) is 11.7 Å². The highest BCUT2D eigenvalue weighted by atomic mass is 16.3. The molecule has 2 aromatic rings. The molecule has 3 heterocycles. The zero-order chi connectivity index (χ0) is 17.6. The van der Waals surface area contributed by atoms with Crippen LogP contribution in [0, 0.1) is 5.92 Å². The first kappa shape index (κ1) is 17.2. The molecule has 1 fully saturated rings. The number of carbonyl (C=O) groups excluding carboxylic acids is 1. The summed E-state index contributed by atoms with van der Waals surface area (Å²) in [5.41, 5.74) is 8.04. The molecule has 8 heteroatoms. The molecular formula is C17H22N6O2. The van der Waals surface area contributed by atoms with Gasteiger partial charge in [-0.1, -0.05) is 0 Å². The number of pyridine rings is 1. The van der Waals surface area contributed by atoms with Crippen molar-refractivity contribution >= 4 is 11.6 Å². The summed E-state index contributed by atoms with van der Waals surface area (Å²) in [6, 6.07) is 1.89. The lowest BCUT2D eigenvalue weighted by Gasteiger charge is -2.32. The van der Waals surface area contributed by atoms with Gasteiger partial charge in [-0.3, -0.25) is 19.7 Å². The molecule has 0 bridgehead atoms. The normalized spacial score (nSPS) is 20.2. The van der Waals surface area contributed by atoms with Crippen LogP contribution >= 0.6 is 0 Å². The van der Waals surface area contributed by atoms with Gasteiger partial charge in [0.2, 0.25) is 0 Å². The van der Waals surface area contributed by atoms with Crippen molar-refractivity contribution in [1.82, 2.24) is 20.3 Å². The van der Waals surface area contributed by atoms with Crippen molar-refractivity contribution in [2.45, 2.75) is 18.9 Å². The summed E-state index contributed by atoms with van der Waals surface area (Å²) in [6.45, 7) is 1.67. The number of nitrogens with two attached hydrogens (primary N) is 1. The topological polar surface area (TPSA) is 126 Å². The van der Waals surface area contributed by atoms with Crippen molar-refractivity contribution in [3.8, 4) is 0 Å². The van der Waals surface area contributed by atoms with E-state index in [1.54, 1.807) is 18.6 Å². The van der Waals surface area contributed by atoms with Gasteiger partial charge in [0.05, 0.1) is 16.9 Å². The first-order valence-corrected chi connectivity index (χ1v) is 8.29. The van der Waals surface area contributed by atoms with Gasteiger partial charge in [-0.2, -0.15) is 0 Å². The maximum atomic E-state index is 11.7. The molecule has 2 aromatic heterocycles. The van der Waals surface area contributed by atoms with E-state index >= 15 is 0 Å². The molecule has 2 atom stereocenters. The molecule has 0 unspecified atom stereocenters. The number of piperidine rings is 1. The predicted octanol–water partition coefficient (Wildman–Crippen LogP) is -0.0564. The van der Waals surface area contributed by atoms with E-state index in [-0.39, 0.29) is 18.6 Å².